The SMILES string of the molecule is CCCC=NC(=NC)C1=CCC(C=O)CC1. The highest BCUT2D eigenvalue weighted by molar-refractivity contribution is 6.02. The maximum absolute atomic E-state index is 10.6. The number of amidine groups is 1. The van der Waals surface area contributed by atoms with E-state index in [1.807, 2.05) is 6.21 Å². The number of carbonyl (C=O) groups is 1. The standard InChI is InChI=1S/C13H20N2O/c1-3-4-9-15-13(14-2)12-7-5-11(10-16)6-8-12/h7,9-11H,3-6,8H2,1-2H3. The van der Waals surface area contributed by atoms with E-state index in [9.17, 15) is 4.79 Å². The molecule has 3 nitrogen and oxygen atoms in total. The lowest BCUT2D eigenvalue weighted by molar-refractivity contribution is -0.111. The highest BCUT2D eigenvalue weighted by Crippen LogP contribution is 2.23. The zero-order valence-electron chi connectivity index (χ0n) is 10.1. The van der Waals surface area contributed by atoms with Gasteiger partial charge in [-0.1, -0.05) is 19.4 Å². The third-order valence-corrected chi connectivity index (χ3v) is 2.77. The molecule has 1 atom stereocenters. The van der Waals surface area contributed by atoms with E-state index in [4.69, 9.17) is 0 Å². The Labute approximate surface area is 97.4 Å². The minimum Gasteiger partial charge on any atom is -0.303 e. The Morgan fingerprint density at radius 1 is 1.62 bits per heavy atom. The lowest BCUT2D eigenvalue weighted by atomic mass is 9.90. The van der Waals surface area contributed by atoms with E-state index in [0.717, 1.165) is 44.2 Å². The fourth-order valence-corrected chi connectivity index (χ4v) is 1.75. The van der Waals surface area contributed by atoms with Crippen LogP contribution >= 0.6 is 0 Å². The number of unbranched alkanes of at least 4 members (excludes halogenated alkanes) is 1. The summed E-state index contributed by atoms with van der Waals surface area (Å²) < 4.78 is 0. The van der Waals surface area contributed by atoms with Crippen molar-refractivity contribution in [2.45, 2.75) is 39.0 Å². The molecule has 1 aliphatic carbocycles. The van der Waals surface area contributed by atoms with Gasteiger partial charge in [0.2, 0.25) is 0 Å². The molecule has 16 heavy (non-hydrogen) atoms. The molecule has 0 amide bonds. The number of hydrogen-bond donors (Lipinski definition) is 0. The van der Waals surface area contributed by atoms with Crippen molar-refractivity contribution in [3.05, 3.63) is 11.6 Å². The zero-order valence-corrected chi connectivity index (χ0v) is 10.1. The maximum atomic E-state index is 10.6. The minimum atomic E-state index is 0.196. The van der Waals surface area contributed by atoms with E-state index < -0.39 is 0 Å². The van der Waals surface area contributed by atoms with Crippen molar-refractivity contribution >= 4 is 18.3 Å². The second kappa shape index (κ2) is 7.09. The van der Waals surface area contributed by atoms with Crippen molar-refractivity contribution < 1.29 is 4.79 Å². The summed E-state index contributed by atoms with van der Waals surface area (Å²) >= 11 is 0. The molecule has 3 heteroatoms. The first-order valence-electron chi connectivity index (χ1n) is 5.95. The third kappa shape index (κ3) is 3.72. The molecule has 0 aromatic heterocycles. The maximum Gasteiger partial charge on any atom is 0.149 e. The van der Waals surface area contributed by atoms with Gasteiger partial charge in [0.15, 0.2) is 0 Å². The Hall–Kier alpha value is -1.25. The number of carbonyl (C=O) groups excluding carboxylic acids is 1. The van der Waals surface area contributed by atoms with Gasteiger partial charge in [-0.25, -0.2) is 4.99 Å². The van der Waals surface area contributed by atoms with Gasteiger partial charge < -0.3 is 4.79 Å². The number of hydrogen-bond acceptors (Lipinski definition) is 2. The molecule has 0 aromatic rings. The Kier molecular flexibility index (Phi) is 5.68. The van der Waals surface area contributed by atoms with Crippen molar-refractivity contribution in [1.82, 2.24) is 0 Å². The van der Waals surface area contributed by atoms with Gasteiger partial charge in [0.1, 0.15) is 12.1 Å². The van der Waals surface area contributed by atoms with Crippen LogP contribution in [0.2, 0.25) is 0 Å². The van der Waals surface area contributed by atoms with Crippen LogP contribution in [0.4, 0.5) is 0 Å². The summed E-state index contributed by atoms with van der Waals surface area (Å²) in [6, 6.07) is 0. The van der Waals surface area contributed by atoms with E-state index in [1.54, 1.807) is 7.05 Å². The summed E-state index contributed by atoms with van der Waals surface area (Å²) in [5, 5.41) is 0. The average molecular weight is 220 g/mol. The van der Waals surface area contributed by atoms with Gasteiger partial charge in [-0.15, -0.1) is 0 Å². The fraction of sp³-hybridized carbons (Fsp3) is 0.615. The summed E-state index contributed by atoms with van der Waals surface area (Å²) in [6.45, 7) is 2.13. The number of nitrogens with zero attached hydrogens (tertiary/aromatic N) is 2. The van der Waals surface area contributed by atoms with Crippen LogP contribution in [0.3, 0.4) is 0 Å². The van der Waals surface area contributed by atoms with Crippen molar-refractivity contribution in [2.75, 3.05) is 7.05 Å². The normalized spacial score (nSPS) is 22.2. The number of aliphatic imine (C=N–C) groups is 2. The van der Waals surface area contributed by atoms with Crippen LogP contribution in [-0.4, -0.2) is 25.4 Å². The largest absolute Gasteiger partial charge is 0.303 e. The summed E-state index contributed by atoms with van der Waals surface area (Å²) in [5.74, 6) is 1.03. The zero-order chi connectivity index (χ0) is 11.8. The molecule has 0 saturated carbocycles. The summed E-state index contributed by atoms with van der Waals surface area (Å²) in [4.78, 5) is 19.2. The van der Waals surface area contributed by atoms with Gasteiger partial charge in [0.05, 0.1) is 0 Å². The predicted molar refractivity (Wildman–Crippen MR) is 68.2 cm³/mol. The van der Waals surface area contributed by atoms with Crippen LogP contribution < -0.4 is 0 Å². The molecule has 1 rings (SSSR count). The molecule has 0 heterocycles. The Morgan fingerprint density at radius 3 is 2.94 bits per heavy atom. The highest BCUT2D eigenvalue weighted by atomic mass is 16.1. The lowest BCUT2D eigenvalue weighted by Gasteiger charge is -2.16. The van der Waals surface area contributed by atoms with Crippen LogP contribution in [0.5, 0.6) is 0 Å². The molecule has 0 aromatic carbocycles. The molecule has 0 radical (unpaired) electrons. The van der Waals surface area contributed by atoms with Crippen molar-refractivity contribution in [3.63, 3.8) is 0 Å². The number of aldehydes is 1. The van der Waals surface area contributed by atoms with E-state index in [0.29, 0.717) is 0 Å². The molecule has 1 unspecified atom stereocenters. The van der Waals surface area contributed by atoms with Gasteiger partial charge in [0.25, 0.3) is 0 Å². The summed E-state index contributed by atoms with van der Waals surface area (Å²) in [6.07, 6.45) is 9.86. The number of allylic oxidation sites excluding steroid dienone is 1. The van der Waals surface area contributed by atoms with E-state index >= 15 is 0 Å². The van der Waals surface area contributed by atoms with Gasteiger partial charge in [-0.05, 0) is 31.3 Å². The molecule has 0 bridgehead atoms. The second-order valence-electron chi connectivity index (χ2n) is 4.05. The molecule has 1 aliphatic rings. The van der Waals surface area contributed by atoms with Crippen LogP contribution in [0.25, 0.3) is 0 Å². The first-order chi connectivity index (χ1) is 7.81. The van der Waals surface area contributed by atoms with Crippen LogP contribution in [0.15, 0.2) is 21.6 Å². The highest BCUT2D eigenvalue weighted by Gasteiger charge is 2.15. The van der Waals surface area contributed by atoms with E-state index in [1.165, 1.54) is 5.57 Å². The average Bonchev–Trinajstić information content (AvgIpc) is 2.35. The molecule has 0 aliphatic heterocycles. The third-order valence-electron chi connectivity index (χ3n) is 2.77. The van der Waals surface area contributed by atoms with Gasteiger partial charge >= 0.3 is 0 Å². The molecule has 0 N–H and O–H groups in total. The Morgan fingerprint density at radius 2 is 2.44 bits per heavy atom. The molecule has 0 spiro atoms. The molecule has 88 valence electrons. The molecular formula is C13H20N2O. The smallest absolute Gasteiger partial charge is 0.149 e. The van der Waals surface area contributed by atoms with Crippen molar-refractivity contribution in [1.29, 1.82) is 0 Å². The predicted octanol–water partition coefficient (Wildman–Crippen LogP) is 2.81. The lowest BCUT2D eigenvalue weighted by Crippen LogP contribution is -2.11. The van der Waals surface area contributed by atoms with Crippen molar-refractivity contribution in [3.8, 4) is 0 Å². The summed E-state index contributed by atoms with van der Waals surface area (Å²) in [5.41, 5.74) is 1.19. The van der Waals surface area contributed by atoms with Gasteiger partial charge in [-0.3, -0.25) is 4.99 Å². The Bertz CT molecular complexity index is 316. The van der Waals surface area contributed by atoms with Crippen molar-refractivity contribution in [2.24, 2.45) is 15.9 Å². The molecular weight excluding hydrogens is 200 g/mol. The monoisotopic (exact) mass is 220 g/mol. The Balaban J connectivity index is 2.61. The van der Waals surface area contributed by atoms with E-state index in [-0.39, 0.29) is 5.92 Å². The van der Waals surface area contributed by atoms with E-state index in [2.05, 4.69) is 23.0 Å². The summed E-state index contributed by atoms with van der Waals surface area (Å²) in [7, 11) is 1.77. The topological polar surface area (TPSA) is 41.8 Å². The quantitative estimate of drug-likeness (QED) is 0.408. The number of rotatable bonds is 4. The fourth-order valence-electron chi connectivity index (χ4n) is 1.75. The molecule has 0 fully saturated rings. The van der Waals surface area contributed by atoms with Crippen LogP contribution in [-0.2, 0) is 4.79 Å². The second-order valence-corrected chi connectivity index (χ2v) is 4.05. The van der Waals surface area contributed by atoms with Crippen LogP contribution in [0.1, 0.15) is 39.0 Å². The van der Waals surface area contributed by atoms with Gasteiger partial charge in [0, 0.05) is 19.2 Å². The first-order valence-corrected chi connectivity index (χ1v) is 5.95. The van der Waals surface area contributed by atoms with Crippen LogP contribution in [0, 0.1) is 5.92 Å². The molecule has 0 saturated heterocycles. The van der Waals surface area contributed by atoms with Gasteiger partial charge in [-0.2, -0.15) is 0 Å². The first kappa shape index (κ1) is 12.8. The minimum absolute atomic E-state index is 0.196.